The van der Waals surface area contributed by atoms with Crippen molar-refractivity contribution >= 4 is 6.08 Å². The summed E-state index contributed by atoms with van der Waals surface area (Å²) in [5.74, 6) is 0. The first-order valence-electron chi connectivity index (χ1n) is 5.76. The lowest BCUT2D eigenvalue weighted by Gasteiger charge is -2.08. The lowest BCUT2D eigenvalue weighted by molar-refractivity contribution is 0.184. The van der Waals surface area contributed by atoms with E-state index in [0.717, 1.165) is 6.54 Å². The molecule has 0 aliphatic rings. The normalized spacial score (nSPS) is 13.2. The highest BCUT2D eigenvalue weighted by Crippen LogP contribution is 2.12. The van der Waals surface area contributed by atoms with Crippen molar-refractivity contribution in [2.45, 2.75) is 26.5 Å². The lowest BCUT2D eigenvalue weighted by atomic mass is 10.1. The SMILES string of the molecule is CCNC(C)/C=C/c1ccccc1COC. The van der Waals surface area contributed by atoms with E-state index in [4.69, 9.17) is 4.74 Å². The molecule has 2 heteroatoms. The smallest absolute Gasteiger partial charge is 0.0718 e. The molecule has 0 amide bonds. The second kappa shape index (κ2) is 7.20. The van der Waals surface area contributed by atoms with E-state index in [9.17, 15) is 0 Å². The fourth-order valence-corrected chi connectivity index (χ4v) is 1.62. The molecule has 0 heterocycles. The zero-order chi connectivity index (χ0) is 11.8. The molecule has 0 saturated heterocycles. The molecule has 0 aliphatic heterocycles. The van der Waals surface area contributed by atoms with Crippen LogP contribution in [0.4, 0.5) is 0 Å². The van der Waals surface area contributed by atoms with Crippen LogP contribution in [0, 0.1) is 0 Å². The molecule has 88 valence electrons. The molecule has 1 unspecified atom stereocenters. The highest BCUT2D eigenvalue weighted by molar-refractivity contribution is 5.54. The van der Waals surface area contributed by atoms with Gasteiger partial charge in [0.1, 0.15) is 0 Å². The predicted molar refractivity (Wildman–Crippen MR) is 69.3 cm³/mol. The molecule has 0 bridgehead atoms. The molecule has 16 heavy (non-hydrogen) atoms. The number of benzene rings is 1. The van der Waals surface area contributed by atoms with Crippen LogP contribution >= 0.6 is 0 Å². The number of methoxy groups -OCH3 is 1. The number of hydrogen-bond donors (Lipinski definition) is 1. The zero-order valence-corrected chi connectivity index (χ0v) is 10.4. The van der Waals surface area contributed by atoms with Gasteiger partial charge in [0.2, 0.25) is 0 Å². The first-order chi connectivity index (χ1) is 7.77. The average Bonchev–Trinajstić information content (AvgIpc) is 2.29. The summed E-state index contributed by atoms with van der Waals surface area (Å²) in [6, 6.07) is 8.71. The maximum Gasteiger partial charge on any atom is 0.0718 e. The molecule has 1 rings (SSSR count). The molecule has 0 fully saturated rings. The van der Waals surface area contributed by atoms with Crippen molar-refractivity contribution in [1.82, 2.24) is 5.32 Å². The Morgan fingerprint density at radius 1 is 1.38 bits per heavy atom. The Labute approximate surface area is 98.3 Å². The second-order valence-electron chi connectivity index (χ2n) is 3.84. The summed E-state index contributed by atoms with van der Waals surface area (Å²) in [6.45, 7) is 5.92. The summed E-state index contributed by atoms with van der Waals surface area (Å²) in [7, 11) is 1.72. The lowest BCUT2D eigenvalue weighted by Crippen LogP contribution is -2.22. The van der Waals surface area contributed by atoms with Gasteiger partial charge < -0.3 is 10.1 Å². The van der Waals surface area contributed by atoms with Crippen LogP contribution in [-0.2, 0) is 11.3 Å². The van der Waals surface area contributed by atoms with Gasteiger partial charge in [0.15, 0.2) is 0 Å². The standard InChI is InChI=1S/C14H21NO/c1-4-15-12(2)9-10-13-7-5-6-8-14(13)11-16-3/h5-10,12,15H,4,11H2,1-3H3/b10-9+. The van der Waals surface area contributed by atoms with Crippen LogP contribution in [0.5, 0.6) is 0 Å². The summed E-state index contributed by atoms with van der Waals surface area (Å²) in [6.07, 6.45) is 4.33. The van der Waals surface area contributed by atoms with Gasteiger partial charge in [-0.3, -0.25) is 0 Å². The van der Waals surface area contributed by atoms with E-state index >= 15 is 0 Å². The first kappa shape index (κ1) is 12.9. The number of ether oxygens (including phenoxy) is 1. The molecule has 1 aromatic rings. The molecule has 1 aromatic carbocycles. The van der Waals surface area contributed by atoms with Gasteiger partial charge in [-0.1, -0.05) is 43.3 Å². The number of likely N-dealkylation sites (N-methyl/N-ethyl adjacent to an activating group) is 1. The third-order valence-electron chi connectivity index (χ3n) is 2.45. The van der Waals surface area contributed by atoms with Gasteiger partial charge in [-0.2, -0.15) is 0 Å². The van der Waals surface area contributed by atoms with Crippen LogP contribution in [0.15, 0.2) is 30.3 Å². The van der Waals surface area contributed by atoms with Crippen molar-refractivity contribution in [2.24, 2.45) is 0 Å². The van der Waals surface area contributed by atoms with Crippen molar-refractivity contribution in [2.75, 3.05) is 13.7 Å². The first-order valence-corrected chi connectivity index (χ1v) is 5.76. The van der Waals surface area contributed by atoms with Crippen molar-refractivity contribution < 1.29 is 4.74 Å². The Morgan fingerprint density at radius 3 is 2.81 bits per heavy atom. The summed E-state index contributed by atoms with van der Waals surface area (Å²) in [4.78, 5) is 0. The predicted octanol–water partition coefficient (Wildman–Crippen LogP) is 2.84. The number of nitrogens with one attached hydrogen (secondary N) is 1. The van der Waals surface area contributed by atoms with Gasteiger partial charge in [-0.15, -0.1) is 0 Å². The average molecular weight is 219 g/mol. The Hall–Kier alpha value is -1.12. The molecule has 0 aliphatic carbocycles. The van der Waals surface area contributed by atoms with E-state index in [0.29, 0.717) is 12.6 Å². The zero-order valence-electron chi connectivity index (χ0n) is 10.4. The quantitative estimate of drug-likeness (QED) is 0.794. The van der Waals surface area contributed by atoms with E-state index in [1.165, 1.54) is 11.1 Å². The van der Waals surface area contributed by atoms with Gasteiger partial charge in [0, 0.05) is 13.2 Å². The molecule has 1 atom stereocenters. The fraction of sp³-hybridized carbons (Fsp3) is 0.429. The van der Waals surface area contributed by atoms with E-state index in [1.807, 2.05) is 6.07 Å². The van der Waals surface area contributed by atoms with Crippen LogP contribution in [-0.4, -0.2) is 19.7 Å². The van der Waals surface area contributed by atoms with E-state index in [-0.39, 0.29) is 0 Å². The third-order valence-corrected chi connectivity index (χ3v) is 2.45. The minimum atomic E-state index is 0.403. The highest BCUT2D eigenvalue weighted by Gasteiger charge is 1.98. The fourth-order valence-electron chi connectivity index (χ4n) is 1.62. The van der Waals surface area contributed by atoms with Crippen LogP contribution in [0.1, 0.15) is 25.0 Å². The van der Waals surface area contributed by atoms with Crippen molar-refractivity contribution in [3.05, 3.63) is 41.5 Å². The summed E-state index contributed by atoms with van der Waals surface area (Å²) < 4.78 is 5.17. The second-order valence-corrected chi connectivity index (χ2v) is 3.84. The minimum Gasteiger partial charge on any atom is -0.380 e. The molecule has 1 N–H and O–H groups in total. The largest absolute Gasteiger partial charge is 0.380 e. The number of hydrogen-bond acceptors (Lipinski definition) is 2. The highest BCUT2D eigenvalue weighted by atomic mass is 16.5. The van der Waals surface area contributed by atoms with Crippen LogP contribution in [0.3, 0.4) is 0 Å². The molecular formula is C14H21NO. The molecule has 0 saturated carbocycles. The Bertz CT molecular complexity index is 333. The van der Waals surface area contributed by atoms with Crippen LogP contribution < -0.4 is 5.32 Å². The van der Waals surface area contributed by atoms with Crippen molar-refractivity contribution in [3.8, 4) is 0 Å². The topological polar surface area (TPSA) is 21.3 Å². The third kappa shape index (κ3) is 4.17. The van der Waals surface area contributed by atoms with Gasteiger partial charge in [0.05, 0.1) is 6.61 Å². The van der Waals surface area contributed by atoms with Crippen molar-refractivity contribution in [3.63, 3.8) is 0 Å². The Balaban J connectivity index is 2.71. The van der Waals surface area contributed by atoms with Crippen LogP contribution in [0.25, 0.3) is 6.08 Å². The number of rotatable bonds is 6. The maximum atomic E-state index is 5.17. The Kier molecular flexibility index (Phi) is 5.83. The molecule has 2 nitrogen and oxygen atoms in total. The molecule has 0 radical (unpaired) electrons. The van der Waals surface area contributed by atoms with Gasteiger partial charge in [-0.05, 0) is 24.6 Å². The molecular weight excluding hydrogens is 198 g/mol. The van der Waals surface area contributed by atoms with Gasteiger partial charge >= 0.3 is 0 Å². The summed E-state index contributed by atoms with van der Waals surface area (Å²) >= 11 is 0. The van der Waals surface area contributed by atoms with E-state index in [2.05, 4.69) is 49.5 Å². The van der Waals surface area contributed by atoms with Crippen molar-refractivity contribution in [1.29, 1.82) is 0 Å². The van der Waals surface area contributed by atoms with Crippen LogP contribution in [0.2, 0.25) is 0 Å². The summed E-state index contributed by atoms with van der Waals surface area (Å²) in [5.41, 5.74) is 2.46. The van der Waals surface area contributed by atoms with Gasteiger partial charge in [0.25, 0.3) is 0 Å². The molecule has 0 spiro atoms. The Morgan fingerprint density at radius 2 is 2.12 bits per heavy atom. The monoisotopic (exact) mass is 219 g/mol. The maximum absolute atomic E-state index is 5.17. The minimum absolute atomic E-state index is 0.403. The van der Waals surface area contributed by atoms with E-state index in [1.54, 1.807) is 7.11 Å². The summed E-state index contributed by atoms with van der Waals surface area (Å²) in [5, 5.41) is 3.35. The van der Waals surface area contributed by atoms with Gasteiger partial charge in [-0.25, -0.2) is 0 Å². The molecule has 0 aromatic heterocycles. The van der Waals surface area contributed by atoms with E-state index < -0.39 is 0 Å².